The van der Waals surface area contributed by atoms with Crippen LogP contribution in [0.25, 0.3) is 0 Å². The smallest absolute Gasteiger partial charge is 0.239 e. The number of carbonyl (C=O) groups excluding carboxylic acids is 1. The average molecular weight is 327 g/mol. The fourth-order valence-electron chi connectivity index (χ4n) is 3.05. The van der Waals surface area contributed by atoms with Gasteiger partial charge in [0.25, 0.3) is 0 Å². The van der Waals surface area contributed by atoms with Crippen LogP contribution in [0.3, 0.4) is 0 Å². The maximum Gasteiger partial charge on any atom is 0.239 e. The molecule has 0 spiro atoms. The Balaban J connectivity index is 1.79. The van der Waals surface area contributed by atoms with Gasteiger partial charge in [-0.1, -0.05) is 55.5 Å². The van der Waals surface area contributed by atoms with Gasteiger partial charge in [0, 0.05) is 18.0 Å². The van der Waals surface area contributed by atoms with Gasteiger partial charge in [-0.05, 0) is 30.0 Å². The van der Waals surface area contributed by atoms with E-state index in [4.69, 9.17) is 0 Å². The quantitative estimate of drug-likeness (QED) is 0.864. The molecule has 1 aliphatic rings. The van der Waals surface area contributed by atoms with Crippen LogP contribution < -0.4 is 0 Å². The molecule has 0 radical (unpaired) electrons. The molecule has 0 bridgehead atoms. The molecule has 0 aliphatic carbocycles. The summed E-state index contributed by atoms with van der Waals surface area (Å²) in [6.07, 6.45) is 0.686. The van der Waals surface area contributed by atoms with Gasteiger partial charge in [0.2, 0.25) is 5.91 Å². The summed E-state index contributed by atoms with van der Waals surface area (Å²) in [7, 11) is -1.29. The van der Waals surface area contributed by atoms with Crippen molar-refractivity contribution in [2.75, 3.05) is 6.54 Å². The molecule has 1 heterocycles. The Morgan fingerprint density at radius 2 is 1.65 bits per heavy atom. The first kappa shape index (κ1) is 15.9. The standard InChI is InChI=1S/C19H21NO2S/c1-15-12-18(23(22)17-10-6-3-7-11-17)19(21)20(13-15)14-16-8-4-2-5-9-16/h2-11,15,18H,12-14H2,1H3. The lowest BCUT2D eigenvalue weighted by molar-refractivity contribution is -0.134. The molecule has 3 rings (SSSR count). The highest BCUT2D eigenvalue weighted by Gasteiger charge is 2.36. The summed E-state index contributed by atoms with van der Waals surface area (Å²) < 4.78 is 12.8. The van der Waals surface area contributed by atoms with Crippen molar-refractivity contribution in [1.82, 2.24) is 4.90 Å². The SMILES string of the molecule is CC1CC(S(=O)c2ccccc2)C(=O)N(Cc2ccccc2)C1. The minimum atomic E-state index is -1.29. The summed E-state index contributed by atoms with van der Waals surface area (Å²) in [5, 5.41) is -0.440. The molecule has 120 valence electrons. The maximum atomic E-state index is 12.8. The van der Waals surface area contributed by atoms with E-state index in [0.717, 1.165) is 17.0 Å². The van der Waals surface area contributed by atoms with Crippen molar-refractivity contribution in [3.8, 4) is 0 Å². The Morgan fingerprint density at radius 3 is 2.30 bits per heavy atom. The number of piperidine rings is 1. The van der Waals surface area contributed by atoms with Crippen molar-refractivity contribution in [1.29, 1.82) is 0 Å². The lowest BCUT2D eigenvalue weighted by Gasteiger charge is -2.35. The maximum absolute atomic E-state index is 12.8. The van der Waals surface area contributed by atoms with Crippen molar-refractivity contribution in [2.45, 2.75) is 30.0 Å². The van der Waals surface area contributed by atoms with Crippen LogP contribution in [0.15, 0.2) is 65.6 Å². The topological polar surface area (TPSA) is 37.4 Å². The molecular weight excluding hydrogens is 306 g/mol. The minimum absolute atomic E-state index is 0.00846. The molecule has 0 saturated carbocycles. The van der Waals surface area contributed by atoms with Gasteiger partial charge in [-0.3, -0.25) is 9.00 Å². The number of amides is 1. The highest BCUT2D eigenvalue weighted by molar-refractivity contribution is 7.86. The molecule has 4 heteroatoms. The first-order chi connectivity index (χ1) is 11.1. The molecule has 0 N–H and O–H groups in total. The molecular formula is C19H21NO2S. The molecule has 3 atom stereocenters. The zero-order valence-corrected chi connectivity index (χ0v) is 14.0. The molecule has 23 heavy (non-hydrogen) atoms. The fraction of sp³-hybridized carbons (Fsp3) is 0.316. The first-order valence-electron chi connectivity index (χ1n) is 7.93. The molecule has 2 aromatic rings. The van der Waals surface area contributed by atoms with E-state index in [1.54, 1.807) is 0 Å². The highest BCUT2D eigenvalue weighted by atomic mass is 32.2. The van der Waals surface area contributed by atoms with Crippen molar-refractivity contribution in [3.05, 3.63) is 66.2 Å². The van der Waals surface area contributed by atoms with Crippen LogP contribution in [0, 0.1) is 5.92 Å². The van der Waals surface area contributed by atoms with Crippen molar-refractivity contribution in [2.24, 2.45) is 5.92 Å². The predicted molar refractivity (Wildman–Crippen MR) is 92.3 cm³/mol. The van der Waals surface area contributed by atoms with Gasteiger partial charge in [-0.2, -0.15) is 0 Å². The van der Waals surface area contributed by atoms with E-state index >= 15 is 0 Å². The summed E-state index contributed by atoms with van der Waals surface area (Å²) in [4.78, 5) is 15.4. The van der Waals surface area contributed by atoms with Gasteiger partial charge in [-0.25, -0.2) is 0 Å². The summed E-state index contributed by atoms with van der Waals surface area (Å²) in [6.45, 7) is 3.45. The Bertz CT molecular complexity index is 687. The Morgan fingerprint density at radius 1 is 1.04 bits per heavy atom. The van der Waals surface area contributed by atoms with Gasteiger partial charge in [0.15, 0.2) is 0 Å². The second kappa shape index (κ2) is 7.09. The second-order valence-corrected chi connectivity index (χ2v) is 7.78. The number of rotatable bonds is 4. The Kier molecular flexibility index (Phi) is 4.91. The highest BCUT2D eigenvalue weighted by Crippen LogP contribution is 2.26. The summed E-state index contributed by atoms with van der Waals surface area (Å²) in [5.74, 6) is 0.364. The molecule has 1 aliphatic heterocycles. The monoisotopic (exact) mass is 327 g/mol. The van der Waals surface area contributed by atoms with Crippen molar-refractivity contribution >= 4 is 16.7 Å². The number of nitrogens with zero attached hydrogens (tertiary/aromatic N) is 1. The molecule has 2 aromatic carbocycles. The van der Waals surface area contributed by atoms with Crippen LogP contribution in [0.1, 0.15) is 18.9 Å². The second-order valence-electron chi connectivity index (χ2n) is 6.14. The average Bonchev–Trinajstić information content (AvgIpc) is 2.59. The zero-order chi connectivity index (χ0) is 16.2. The largest absolute Gasteiger partial charge is 0.337 e. The lowest BCUT2D eigenvalue weighted by Crippen LogP contribution is -2.48. The zero-order valence-electron chi connectivity index (χ0n) is 13.2. The van der Waals surface area contributed by atoms with Gasteiger partial charge < -0.3 is 4.90 Å². The van der Waals surface area contributed by atoms with Crippen LogP contribution in [-0.4, -0.2) is 26.8 Å². The van der Waals surface area contributed by atoms with Gasteiger partial charge >= 0.3 is 0 Å². The van der Waals surface area contributed by atoms with Gasteiger partial charge in [0.05, 0.1) is 10.8 Å². The normalized spacial score (nSPS) is 22.8. The summed E-state index contributed by atoms with van der Waals surface area (Å²) in [5.41, 5.74) is 1.11. The molecule has 3 unspecified atom stereocenters. The fourth-order valence-corrected chi connectivity index (χ4v) is 4.64. The number of carbonyl (C=O) groups is 1. The molecule has 3 nitrogen and oxygen atoms in total. The molecule has 0 aromatic heterocycles. The van der Waals surface area contributed by atoms with Crippen LogP contribution >= 0.6 is 0 Å². The number of likely N-dealkylation sites (tertiary alicyclic amines) is 1. The number of hydrogen-bond acceptors (Lipinski definition) is 2. The van der Waals surface area contributed by atoms with E-state index in [-0.39, 0.29) is 5.91 Å². The number of benzene rings is 2. The predicted octanol–water partition coefficient (Wildman–Crippen LogP) is 3.23. The van der Waals surface area contributed by atoms with E-state index in [2.05, 4.69) is 6.92 Å². The van der Waals surface area contributed by atoms with Crippen LogP contribution in [-0.2, 0) is 22.1 Å². The van der Waals surface area contributed by atoms with E-state index in [1.165, 1.54) is 0 Å². The van der Waals surface area contributed by atoms with E-state index in [9.17, 15) is 9.00 Å². The van der Waals surface area contributed by atoms with Crippen molar-refractivity contribution < 1.29 is 9.00 Å². The van der Waals surface area contributed by atoms with Crippen LogP contribution in [0.2, 0.25) is 0 Å². The van der Waals surface area contributed by atoms with Crippen molar-refractivity contribution in [3.63, 3.8) is 0 Å². The summed E-state index contributed by atoms with van der Waals surface area (Å²) in [6, 6.07) is 19.3. The minimum Gasteiger partial charge on any atom is -0.337 e. The lowest BCUT2D eigenvalue weighted by atomic mass is 9.98. The Labute approximate surface area is 139 Å². The third-order valence-electron chi connectivity index (χ3n) is 4.19. The van der Waals surface area contributed by atoms with Crippen LogP contribution in [0.5, 0.6) is 0 Å². The summed E-state index contributed by atoms with van der Waals surface area (Å²) >= 11 is 0. The molecule has 1 amide bonds. The van der Waals surface area contributed by atoms with Gasteiger partial charge in [0.1, 0.15) is 5.25 Å². The Hall–Kier alpha value is -1.94. The van der Waals surface area contributed by atoms with E-state index in [0.29, 0.717) is 18.9 Å². The third kappa shape index (κ3) is 3.70. The third-order valence-corrected chi connectivity index (χ3v) is 5.83. The molecule has 1 fully saturated rings. The molecule has 1 saturated heterocycles. The van der Waals surface area contributed by atoms with Gasteiger partial charge in [-0.15, -0.1) is 0 Å². The number of hydrogen-bond donors (Lipinski definition) is 0. The van der Waals surface area contributed by atoms with E-state index < -0.39 is 16.0 Å². The van der Waals surface area contributed by atoms with E-state index in [1.807, 2.05) is 65.6 Å². The first-order valence-corrected chi connectivity index (χ1v) is 9.15. The van der Waals surface area contributed by atoms with Crippen LogP contribution in [0.4, 0.5) is 0 Å².